The highest BCUT2D eigenvalue weighted by atomic mass is 16.4. The lowest BCUT2D eigenvalue weighted by molar-refractivity contribution is 0.314. The minimum absolute atomic E-state index is 0.0369. The van der Waals surface area contributed by atoms with Crippen molar-refractivity contribution >= 4 is 5.84 Å². The summed E-state index contributed by atoms with van der Waals surface area (Å²) in [6.45, 7) is 3.61. The topological polar surface area (TPSA) is 74.7 Å². The van der Waals surface area contributed by atoms with E-state index >= 15 is 0 Å². The summed E-state index contributed by atoms with van der Waals surface area (Å²) in [4.78, 5) is 6.36. The Kier molecular flexibility index (Phi) is 4.90. The number of amidine groups is 1. The van der Waals surface area contributed by atoms with E-state index < -0.39 is 0 Å². The highest BCUT2D eigenvalue weighted by molar-refractivity contribution is 5.96. The van der Waals surface area contributed by atoms with Gasteiger partial charge in [-0.05, 0) is 36.7 Å². The molecule has 21 heavy (non-hydrogen) atoms. The molecule has 0 amide bonds. The van der Waals surface area contributed by atoms with Crippen molar-refractivity contribution in [1.82, 2.24) is 9.88 Å². The van der Waals surface area contributed by atoms with Crippen LogP contribution in [0.15, 0.2) is 47.8 Å². The summed E-state index contributed by atoms with van der Waals surface area (Å²) in [5.41, 5.74) is 9.68. The average Bonchev–Trinajstić information content (AvgIpc) is 2.49. The monoisotopic (exact) mass is 284 g/mol. The van der Waals surface area contributed by atoms with Crippen molar-refractivity contribution in [3.8, 4) is 0 Å². The van der Waals surface area contributed by atoms with E-state index in [1.807, 2.05) is 31.3 Å². The fraction of sp³-hybridized carbons (Fsp3) is 0.250. The molecule has 3 N–H and O–H groups in total. The molecule has 0 bridgehead atoms. The van der Waals surface area contributed by atoms with E-state index in [9.17, 15) is 0 Å². The van der Waals surface area contributed by atoms with Gasteiger partial charge in [-0.1, -0.05) is 35.5 Å². The second-order valence-electron chi connectivity index (χ2n) is 5.10. The van der Waals surface area contributed by atoms with Crippen LogP contribution in [0.1, 0.15) is 22.4 Å². The summed E-state index contributed by atoms with van der Waals surface area (Å²) in [6.07, 6.45) is 1.64. The molecule has 5 nitrogen and oxygen atoms in total. The van der Waals surface area contributed by atoms with Crippen LogP contribution in [0, 0.1) is 6.92 Å². The van der Waals surface area contributed by atoms with Gasteiger partial charge in [0.25, 0.3) is 0 Å². The third kappa shape index (κ3) is 3.79. The average molecular weight is 284 g/mol. The van der Waals surface area contributed by atoms with Crippen LogP contribution in [-0.2, 0) is 13.1 Å². The zero-order valence-corrected chi connectivity index (χ0v) is 12.3. The lowest BCUT2D eigenvalue weighted by Crippen LogP contribution is -2.23. The SMILES string of the molecule is Cc1ccccc1CN(C)Cc1cccnc1C(N)=NO. The van der Waals surface area contributed by atoms with E-state index in [4.69, 9.17) is 10.9 Å². The molecule has 1 aromatic heterocycles. The van der Waals surface area contributed by atoms with Gasteiger partial charge < -0.3 is 10.9 Å². The summed E-state index contributed by atoms with van der Waals surface area (Å²) in [5.74, 6) is 0.0369. The van der Waals surface area contributed by atoms with E-state index in [0.29, 0.717) is 12.2 Å². The smallest absolute Gasteiger partial charge is 0.189 e. The Morgan fingerprint density at radius 2 is 1.86 bits per heavy atom. The predicted molar refractivity (Wildman–Crippen MR) is 83.1 cm³/mol. The highest BCUT2D eigenvalue weighted by Gasteiger charge is 2.11. The first kappa shape index (κ1) is 15.0. The van der Waals surface area contributed by atoms with Crippen LogP contribution in [0.25, 0.3) is 0 Å². The molecule has 0 spiro atoms. The largest absolute Gasteiger partial charge is 0.409 e. The zero-order chi connectivity index (χ0) is 15.2. The lowest BCUT2D eigenvalue weighted by atomic mass is 10.1. The fourth-order valence-corrected chi connectivity index (χ4v) is 2.27. The third-order valence-corrected chi connectivity index (χ3v) is 3.38. The van der Waals surface area contributed by atoms with Gasteiger partial charge in [0.1, 0.15) is 5.69 Å². The van der Waals surface area contributed by atoms with Gasteiger partial charge in [0.05, 0.1) is 0 Å². The van der Waals surface area contributed by atoms with Crippen molar-refractivity contribution < 1.29 is 5.21 Å². The second kappa shape index (κ2) is 6.85. The maximum absolute atomic E-state index is 8.83. The Bertz CT molecular complexity index is 640. The van der Waals surface area contributed by atoms with Crippen molar-refractivity contribution in [2.45, 2.75) is 20.0 Å². The normalized spacial score (nSPS) is 11.9. The van der Waals surface area contributed by atoms with Crippen molar-refractivity contribution in [3.63, 3.8) is 0 Å². The first-order valence-corrected chi connectivity index (χ1v) is 6.76. The van der Waals surface area contributed by atoms with Gasteiger partial charge in [-0.3, -0.25) is 9.88 Å². The minimum atomic E-state index is 0.0369. The number of hydrogen-bond acceptors (Lipinski definition) is 4. The van der Waals surface area contributed by atoms with Gasteiger partial charge in [0.2, 0.25) is 0 Å². The second-order valence-corrected chi connectivity index (χ2v) is 5.10. The van der Waals surface area contributed by atoms with Crippen molar-refractivity contribution in [2.24, 2.45) is 10.9 Å². The Morgan fingerprint density at radius 3 is 2.57 bits per heavy atom. The maximum atomic E-state index is 8.83. The first-order valence-electron chi connectivity index (χ1n) is 6.76. The molecule has 5 heteroatoms. The standard InChI is InChI=1S/C16H20N4O/c1-12-6-3-4-7-13(12)10-20(2)11-14-8-5-9-18-15(14)16(17)19-21/h3-9,21H,10-11H2,1-2H3,(H2,17,19). The predicted octanol–water partition coefficient (Wildman–Crippen LogP) is 2.12. The van der Waals surface area contributed by atoms with Gasteiger partial charge in [-0.2, -0.15) is 0 Å². The van der Waals surface area contributed by atoms with Crippen LogP contribution < -0.4 is 5.73 Å². The molecule has 2 rings (SSSR count). The molecule has 0 saturated heterocycles. The zero-order valence-electron chi connectivity index (χ0n) is 12.3. The van der Waals surface area contributed by atoms with Gasteiger partial charge in [0, 0.05) is 19.3 Å². The van der Waals surface area contributed by atoms with Gasteiger partial charge in [-0.25, -0.2) is 0 Å². The molecule has 0 aliphatic heterocycles. The van der Waals surface area contributed by atoms with E-state index in [-0.39, 0.29) is 5.84 Å². The van der Waals surface area contributed by atoms with Crippen LogP contribution in [0.4, 0.5) is 0 Å². The fourth-order valence-electron chi connectivity index (χ4n) is 2.27. The lowest BCUT2D eigenvalue weighted by Gasteiger charge is -2.19. The Hall–Kier alpha value is -2.40. The molecule has 0 saturated carbocycles. The molecule has 0 atom stereocenters. The molecule has 0 aliphatic carbocycles. The molecule has 1 aromatic carbocycles. The number of rotatable bonds is 5. The van der Waals surface area contributed by atoms with Gasteiger partial charge in [0.15, 0.2) is 5.84 Å². The molecular formula is C16H20N4O. The number of pyridine rings is 1. The number of aromatic nitrogens is 1. The molecule has 2 aromatic rings. The number of nitrogens with zero attached hydrogens (tertiary/aromatic N) is 3. The molecular weight excluding hydrogens is 264 g/mol. The Balaban J connectivity index is 2.14. The van der Waals surface area contributed by atoms with Crippen LogP contribution in [0.5, 0.6) is 0 Å². The number of benzene rings is 1. The van der Waals surface area contributed by atoms with Crippen LogP contribution in [0.3, 0.4) is 0 Å². The van der Waals surface area contributed by atoms with Crippen LogP contribution >= 0.6 is 0 Å². The van der Waals surface area contributed by atoms with E-state index in [1.165, 1.54) is 11.1 Å². The summed E-state index contributed by atoms with van der Waals surface area (Å²) >= 11 is 0. The third-order valence-electron chi connectivity index (χ3n) is 3.38. The number of nitrogens with two attached hydrogens (primary N) is 1. The molecule has 0 fully saturated rings. The van der Waals surface area contributed by atoms with E-state index in [1.54, 1.807) is 6.20 Å². The molecule has 0 radical (unpaired) electrons. The Labute approximate surface area is 124 Å². The van der Waals surface area contributed by atoms with E-state index in [2.05, 4.69) is 34.1 Å². The van der Waals surface area contributed by atoms with Gasteiger partial charge in [-0.15, -0.1) is 0 Å². The van der Waals surface area contributed by atoms with Crippen LogP contribution in [-0.4, -0.2) is 28.0 Å². The first-order chi connectivity index (χ1) is 10.1. The number of hydrogen-bond donors (Lipinski definition) is 2. The Morgan fingerprint density at radius 1 is 1.19 bits per heavy atom. The van der Waals surface area contributed by atoms with Crippen molar-refractivity contribution in [1.29, 1.82) is 0 Å². The molecule has 0 aliphatic rings. The summed E-state index contributed by atoms with van der Waals surface area (Å²) < 4.78 is 0. The number of aryl methyl sites for hydroxylation is 1. The molecule has 1 heterocycles. The highest BCUT2D eigenvalue weighted by Crippen LogP contribution is 2.13. The number of oxime groups is 1. The minimum Gasteiger partial charge on any atom is -0.409 e. The molecule has 110 valence electrons. The van der Waals surface area contributed by atoms with Gasteiger partial charge >= 0.3 is 0 Å². The van der Waals surface area contributed by atoms with Crippen molar-refractivity contribution in [3.05, 3.63) is 65.0 Å². The summed E-state index contributed by atoms with van der Waals surface area (Å²) in [6, 6.07) is 12.1. The van der Waals surface area contributed by atoms with Crippen LogP contribution in [0.2, 0.25) is 0 Å². The summed E-state index contributed by atoms with van der Waals surface area (Å²) in [7, 11) is 2.04. The molecule has 0 unspecified atom stereocenters. The summed E-state index contributed by atoms with van der Waals surface area (Å²) in [5, 5.41) is 11.9. The quantitative estimate of drug-likeness (QED) is 0.382. The van der Waals surface area contributed by atoms with Crippen molar-refractivity contribution in [2.75, 3.05) is 7.05 Å². The maximum Gasteiger partial charge on any atom is 0.189 e. The van der Waals surface area contributed by atoms with E-state index in [0.717, 1.165) is 12.1 Å².